The maximum Gasteiger partial charge on any atom is 0.248 e. The van der Waals surface area contributed by atoms with Crippen LogP contribution in [0, 0.1) is 17.3 Å². The number of nitrogens with one attached hydrogen (secondary N) is 1. The number of carbonyl (C=O) groups is 2. The maximum absolute atomic E-state index is 13.0. The molecule has 4 nitrogen and oxygen atoms in total. The summed E-state index contributed by atoms with van der Waals surface area (Å²) in [6, 6.07) is 0. The van der Waals surface area contributed by atoms with Crippen molar-refractivity contribution in [3.05, 3.63) is 0 Å². The molecule has 1 aliphatic heterocycles. The van der Waals surface area contributed by atoms with Gasteiger partial charge in [-0.05, 0) is 62.7 Å². The van der Waals surface area contributed by atoms with Gasteiger partial charge in [-0.25, -0.2) is 0 Å². The van der Waals surface area contributed by atoms with Crippen molar-refractivity contribution < 1.29 is 9.59 Å². The molecule has 3 saturated carbocycles. The molecule has 0 aromatic carbocycles. The zero-order valence-electron chi connectivity index (χ0n) is 12.3. The Kier molecular flexibility index (Phi) is 2.52. The summed E-state index contributed by atoms with van der Waals surface area (Å²) >= 11 is 0. The Morgan fingerprint density at radius 1 is 1.15 bits per heavy atom. The first-order valence-electron chi connectivity index (χ1n) is 8.14. The molecule has 3 aliphatic carbocycles. The lowest BCUT2D eigenvalue weighted by Gasteiger charge is -2.34. The summed E-state index contributed by atoms with van der Waals surface area (Å²) in [5, 5.41) is 3.02. The van der Waals surface area contributed by atoms with E-state index < -0.39 is 5.54 Å². The van der Waals surface area contributed by atoms with E-state index in [0.717, 1.165) is 25.3 Å². The SMILES string of the molecule is CC1(C2CC2)NC(=O)CCN(CC2(C3CC3)CC2)C1=O. The van der Waals surface area contributed by atoms with Gasteiger partial charge in [-0.1, -0.05) is 0 Å². The third-order valence-corrected chi connectivity index (χ3v) is 5.97. The van der Waals surface area contributed by atoms with Crippen molar-refractivity contribution in [1.29, 1.82) is 0 Å². The van der Waals surface area contributed by atoms with E-state index in [0.29, 0.717) is 24.3 Å². The lowest BCUT2D eigenvalue weighted by molar-refractivity contribution is -0.139. The van der Waals surface area contributed by atoms with Gasteiger partial charge in [0.15, 0.2) is 0 Å². The second-order valence-electron chi connectivity index (χ2n) is 7.64. The summed E-state index contributed by atoms with van der Waals surface area (Å²) in [5.74, 6) is 1.44. The van der Waals surface area contributed by atoms with Gasteiger partial charge in [0.1, 0.15) is 5.54 Å². The Morgan fingerprint density at radius 3 is 2.35 bits per heavy atom. The predicted molar refractivity (Wildman–Crippen MR) is 74.9 cm³/mol. The molecule has 0 radical (unpaired) electrons. The molecular formula is C16H24N2O2. The lowest BCUT2D eigenvalue weighted by atomic mass is 9.92. The standard InChI is InChI=1S/C16H24N2O2/c1-15(11-2-3-11)14(20)18(9-6-13(19)17-15)10-16(7-8-16)12-4-5-12/h11-12H,2-10H2,1H3,(H,17,19). The summed E-state index contributed by atoms with van der Waals surface area (Å²) < 4.78 is 0. The van der Waals surface area contributed by atoms with E-state index in [-0.39, 0.29) is 11.8 Å². The fourth-order valence-corrected chi connectivity index (χ4v) is 4.09. The molecule has 1 N–H and O–H groups in total. The highest BCUT2D eigenvalue weighted by molar-refractivity contribution is 5.93. The molecule has 1 saturated heterocycles. The van der Waals surface area contributed by atoms with Gasteiger partial charge in [0.05, 0.1) is 0 Å². The molecule has 20 heavy (non-hydrogen) atoms. The van der Waals surface area contributed by atoms with Crippen LogP contribution in [0.3, 0.4) is 0 Å². The zero-order valence-corrected chi connectivity index (χ0v) is 12.3. The minimum absolute atomic E-state index is 0.0477. The first-order valence-corrected chi connectivity index (χ1v) is 8.14. The van der Waals surface area contributed by atoms with Crippen LogP contribution >= 0.6 is 0 Å². The average molecular weight is 276 g/mol. The monoisotopic (exact) mass is 276 g/mol. The van der Waals surface area contributed by atoms with Gasteiger partial charge in [-0.3, -0.25) is 9.59 Å². The Morgan fingerprint density at radius 2 is 1.80 bits per heavy atom. The minimum Gasteiger partial charge on any atom is -0.342 e. The number of hydrogen-bond donors (Lipinski definition) is 1. The second-order valence-corrected chi connectivity index (χ2v) is 7.64. The molecule has 2 amide bonds. The summed E-state index contributed by atoms with van der Waals surface area (Å²) in [5.41, 5.74) is -0.208. The van der Waals surface area contributed by atoms with Crippen LogP contribution in [0.15, 0.2) is 0 Å². The quantitative estimate of drug-likeness (QED) is 0.849. The number of nitrogens with zero attached hydrogens (tertiary/aromatic N) is 1. The molecule has 1 unspecified atom stereocenters. The number of hydrogen-bond acceptors (Lipinski definition) is 2. The van der Waals surface area contributed by atoms with Crippen molar-refractivity contribution in [2.45, 2.75) is 57.4 Å². The molecule has 1 atom stereocenters. The van der Waals surface area contributed by atoms with Crippen LogP contribution < -0.4 is 5.32 Å². The highest BCUT2D eigenvalue weighted by Crippen LogP contribution is 2.61. The number of rotatable bonds is 4. The highest BCUT2D eigenvalue weighted by Gasteiger charge is 2.57. The van der Waals surface area contributed by atoms with E-state index in [2.05, 4.69) is 5.32 Å². The van der Waals surface area contributed by atoms with Crippen LogP contribution in [-0.4, -0.2) is 35.3 Å². The van der Waals surface area contributed by atoms with E-state index in [1.807, 2.05) is 11.8 Å². The van der Waals surface area contributed by atoms with Gasteiger partial charge < -0.3 is 10.2 Å². The van der Waals surface area contributed by atoms with Gasteiger partial charge in [-0.2, -0.15) is 0 Å². The fourth-order valence-electron chi connectivity index (χ4n) is 4.09. The lowest BCUT2D eigenvalue weighted by Crippen LogP contribution is -2.57. The van der Waals surface area contributed by atoms with Gasteiger partial charge in [0.2, 0.25) is 11.8 Å². The summed E-state index contributed by atoms with van der Waals surface area (Å²) in [7, 11) is 0. The van der Waals surface area contributed by atoms with E-state index in [9.17, 15) is 9.59 Å². The normalized spacial score (nSPS) is 36.5. The van der Waals surface area contributed by atoms with E-state index in [1.165, 1.54) is 25.7 Å². The number of amides is 2. The van der Waals surface area contributed by atoms with Crippen LogP contribution in [-0.2, 0) is 9.59 Å². The molecule has 4 aliphatic rings. The van der Waals surface area contributed by atoms with Crippen molar-refractivity contribution in [2.75, 3.05) is 13.1 Å². The molecular weight excluding hydrogens is 252 g/mol. The first kappa shape index (κ1) is 12.7. The average Bonchev–Trinajstić information content (AvgIpc) is 3.29. The highest BCUT2D eigenvalue weighted by atomic mass is 16.2. The molecule has 0 spiro atoms. The van der Waals surface area contributed by atoms with E-state index in [1.54, 1.807) is 0 Å². The van der Waals surface area contributed by atoms with Crippen LogP contribution in [0.4, 0.5) is 0 Å². The van der Waals surface area contributed by atoms with Gasteiger partial charge >= 0.3 is 0 Å². The smallest absolute Gasteiger partial charge is 0.248 e. The Labute approximate surface area is 120 Å². The summed E-state index contributed by atoms with van der Waals surface area (Å²) in [6.45, 7) is 3.45. The molecule has 0 bridgehead atoms. The molecule has 0 aromatic heterocycles. The summed E-state index contributed by atoms with van der Waals surface area (Å²) in [6.07, 6.45) is 7.87. The molecule has 4 heteroatoms. The molecule has 110 valence electrons. The van der Waals surface area contributed by atoms with Crippen molar-refractivity contribution in [3.63, 3.8) is 0 Å². The van der Waals surface area contributed by atoms with Crippen molar-refractivity contribution in [3.8, 4) is 0 Å². The van der Waals surface area contributed by atoms with Gasteiger partial charge in [0, 0.05) is 19.5 Å². The van der Waals surface area contributed by atoms with E-state index >= 15 is 0 Å². The Bertz CT molecular complexity index is 463. The zero-order chi connectivity index (χ0) is 14.0. The van der Waals surface area contributed by atoms with E-state index in [4.69, 9.17) is 0 Å². The number of carbonyl (C=O) groups excluding carboxylic acids is 2. The van der Waals surface area contributed by atoms with Gasteiger partial charge in [-0.15, -0.1) is 0 Å². The van der Waals surface area contributed by atoms with Crippen molar-refractivity contribution in [2.24, 2.45) is 17.3 Å². The third-order valence-electron chi connectivity index (χ3n) is 5.97. The topological polar surface area (TPSA) is 49.4 Å². The van der Waals surface area contributed by atoms with Crippen molar-refractivity contribution in [1.82, 2.24) is 10.2 Å². The fraction of sp³-hybridized carbons (Fsp3) is 0.875. The third kappa shape index (κ3) is 1.95. The Balaban J connectivity index is 1.55. The first-order chi connectivity index (χ1) is 9.53. The van der Waals surface area contributed by atoms with Gasteiger partial charge in [0.25, 0.3) is 0 Å². The van der Waals surface area contributed by atoms with Crippen molar-refractivity contribution >= 4 is 11.8 Å². The van der Waals surface area contributed by atoms with Crippen LogP contribution in [0.2, 0.25) is 0 Å². The molecule has 0 aromatic rings. The van der Waals surface area contributed by atoms with Crippen LogP contribution in [0.1, 0.15) is 51.9 Å². The molecule has 1 heterocycles. The predicted octanol–water partition coefficient (Wildman–Crippen LogP) is 1.69. The Hall–Kier alpha value is -1.06. The molecule has 4 fully saturated rings. The largest absolute Gasteiger partial charge is 0.342 e. The second kappa shape index (κ2) is 3.99. The minimum atomic E-state index is -0.632. The molecule has 4 rings (SSSR count). The van der Waals surface area contributed by atoms with Crippen LogP contribution in [0.5, 0.6) is 0 Å². The van der Waals surface area contributed by atoms with Crippen LogP contribution in [0.25, 0.3) is 0 Å². The maximum atomic E-state index is 13.0. The summed E-state index contributed by atoms with van der Waals surface area (Å²) in [4.78, 5) is 26.9.